The van der Waals surface area contributed by atoms with E-state index < -0.39 is 115 Å². The molecule has 0 saturated carbocycles. The van der Waals surface area contributed by atoms with E-state index in [9.17, 15) is 63.6 Å². The Bertz CT molecular complexity index is 1410. The Hall–Kier alpha value is -5.62. The largest absolute Gasteiger partial charge is 0.481 e. The van der Waals surface area contributed by atoms with Crippen LogP contribution in [0.25, 0.3) is 0 Å². The Morgan fingerprint density at radius 3 is 1.67 bits per heavy atom. The molecule has 8 atom stereocenters. The van der Waals surface area contributed by atoms with Gasteiger partial charge in [-0.3, -0.25) is 43.3 Å². The first-order valence-electron chi connectivity index (χ1n) is 17.2. The summed E-state index contributed by atoms with van der Waals surface area (Å²) in [5.41, 5.74) is 21.3. The van der Waals surface area contributed by atoms with Crippen LogP contribution in [0.3, 0.4) is 0 Å². The van der Waals surface area contributed by atoms with Gasteiger partial charge in [0.2, 0.25) is 41.4 Å². The Balaban J connectivity index is 5.75. The quantitative estimate of drug-likeness (QED) is 0.0220. The summed E-state index contributed by atoms with van der Waals surface area (Å²) in [6.45, 7) is 4.89. The van der Waals surface area contributed by atoms with Gasteiger partial charge in [0.05, 0.1) is 25.2 Å². The van der Waals surface area contributed by atoms with Crippen molar-refractivity contribution in [1.82, 2.24) is 31.9 Å². The van der Waals surface area contributed by atoms with Gasteiger partial charge in [0.1, 0.15) is 36.3 Å². The van der Waals surface area contributed by atoms with E-state index in [0.717, 1.165) is 6.92 Å². The molecule has 0 radical (unpaired) electrons. The van der Waals surface area contributed by atoms with Crippen LogP contribution in [0.5, 0.6) is 0 Å². The smallest absolute Gasteiger partial charge is 0.326 e. The molecule has 0 rings (SSSR count). The zero-order chi connectivity index (χ0) is 42.6. The van der Waals surface area contributed by atoms with Crippen molar-refractivity contribution in [1.29, 1.82) is 0 Å². The van der Waals surface area contributed by atoms with E-state index in [4.69, 9.17) is 22.9 Å². The number of carboxylic acid groups (broad SMARTS) is 2. The molecule has 0 aliphatic heterocycles. The number of aliphatic carboxylic acids is 2. The molecule has 24 nitrogen and oxygen atoms in total. The van der Waals surface area contributed by atoms with E-state index in [1.54, 1.807) is 13.8 Å². The van der Waals surface area contributed by atoms with Crippen LogP contribution in [0.1, 0.15) is 66.2 Å². The van der Waals surface area contributed by atoms with Gasteiger partial charge in [0.25, 0.3) is 0 Å². The third-order valence-electron chi connectivity index (χ3n) is 7.58. The van der Waals surface area contributed by atoms with E-state index in [0.29, 0.717) is 6.42 Å². The van der Waals surface area contributed by atoms with Gasteiger partial charge in [-0.25, -0.2) is 4.79 Å². The Kier molecular flexibility index (Phi) is 22.1. The number of carboxylic acids is 2. The molecule has 0 unspecified atom stereocenters. The molecule has 0 aromatic heterocycles. The molecule has 7 amide bonds. The van der Waals surface area contributed by atoms with E-state index in [1.165, 1.54) is 6.92 Å². The van der Waals surface area contributed by atoms with Gasteiger partial charge in [-0.15, -0.1) is 0 Å². The molecule has 312 valence electrons. The van der Waals surface area contributed by atoms with Crippen LogP contribution in [0.2, 0.25) is 0 Å². The number of primary amides is 1. The van der Waals surface area contributed by atoms with Gasteiger partial charge >= 0.3 is 11.9 Å². The van der Waals surface area contributed by atoms with Gasteiger partial charge in [-0.05, 0) is 45.4 Å². The Morgan fingerprint density at radius 2 is 1.18 bits per heavy atom. The molecule has 0 bridgehead atoms. The summed E-state index contributed by atoms with van der Waals surface area (Å²) in [6.07, 6.45) is -2.96. The second-order valence-electron chi connectivity index (χ2n) is 13.0. The van der Waals surface area contributed by atoms with Crippen LogP contribution < -0.4 is 54.8 Å². The van der Waals surface area contributed by atoms with Crippen molar-refractivity contribution >= 4 is 59.2 Å². The second kappa shape index (κ2) is 24.6. The first-order chi connectivity index (χ1) is 25.5. The standard InChI is InChI=1S/C31H55N11O13/c1-13(2)10-18(27(51)42-23(15(4)44)29(53)38-17(30(54)55)7-8-21(33)45)39-24(48)14(3)37-26(50)19(11-22(46)47)40-28(52)20(12-43)41-25(49)16(32)6-5-9-36-31(34)35/h13-20,23,43-44H,5-12,32H2,1-4H3,(H2,33,45)(H,37,50)(H,38,53)(H,39,48)(H,40,52)(H,41,49)(H,42,51)(H,46,47)(H,54,55)(H4,34,35,36)/t14-,15+,16-,17-,18-,19-,20-,23-/m0/s1. The SMILES string of the molecule is CC(C)C[C@H](NC(=O)[C@H](C)NC(=O)[C@H](CC(=O)O)NC(=O)[C@H](CO)NC(=O)[C@@H](N)CCCN=C(N)N)C(=O)N[C@H](C(=O)N[C@@H](CCC(N)=O)C(=O)O)[C@@H](C)O. The van der Waals surface area contributed by atoms with Crippen molar-refractivity contribution < 1.29 is 63.6 Å². The van der Waals surface area contributed by atoms with Gasteiger partial charge in [0.15, 0.2) is 5.96 Å². The van der Waals surface area contributed by atoms with Crippen molar-refractivity contribution in [2.24, 2.45) is 33.8 Å². The summed E-state index contributed by atoms with van der Waals surface area (Å²) in [6, 6.07) is -10.8. The molecular weight excluding hydrogens is 734 g/mol. The van der Waals surface area contributed by atoms with E-state index in [1.807, 2.05) is 0 Å². The monoisotopic (exact) mass is 789 g/mol. The van der Waals surface area contributed by atoms with Crippen LogP contribution >= 0.6 is 0 Å². The van der Waals surface area contributed by atoms with Crippen LogP contribution in [-0.4, -0.2) is 141 Å². The highest BCUT2D eigenvalue weighted by Crippen LogP contribution is 2.08. The molecule has 0 aromatic rings. The highest BCUT2D eigenvalue weighted by Gasteiger charge is 2.34. The second-order valence-corrected chi connectivity index (χ2v) is 13.0. The number of carbonyl (C=O) groups excluding carboxylic acids is 7. The number of aliphatic hydroxyl groups is 2. The minimum Gasteiger partial charge on any atom is -0.481 e. The van der Waals surface area contributed by atoms with Gasteiger partial charge in [-0.1, -0.05) is 13.8 Å². The lowest BCUT2D eigenvalue weighted by molar-refractivity contribution is -0.143. The maximum absolute atomic E-state index is 13.3. The minimum absolute atomic E-state index is 0.0331. The number of carbonyl (C=O) groups is 9. The third-order valence-corrected chi connectivity index (χ3v) is 7.58. The van der Waals surface area contributed by atoms with Crippen molar-refractivity contribution in [3.8, 4) is 0 Å². The number of hydrogen-bond donors (Lipinski definition) is 14. The van der Waals surface area contributed by atoms with Crippen molar-refractivity contribution in [3.63, 3.8) is 0 Å². The fourth-order valence-electron chi connectivity index (χ4n) is 4.62. The molecule has 0 heterocycles. The summed E-state index contributed by atoms with van der Waals surface area (Å²) >= 11 is 0. The first kappa shape index (κ1) is 49.4. The number of aliphatic imine (C=N–C) groups is 1. The van der Waals surface area contributed by atoms with Crippen LogP contribution in [0.4, 0.5) is 0 Å². The van der Waals surface area contributed by atoms with Gasteiger partial charge < -0.3 is 75.3 Å². The predicted molar refractivity (Wildman–Crippen MR) is 192 cm³/mol. The average Bonchev–Trinajstić information content (AvgIpc) is 3.07. The Labute approximate surface area is 316 Å². The van der Waals surface area contributed by atoms with Crippen molar-refractivity contribution in [3.05, 3.63) is 0 Å². The number of nitrogens with one attached hydrogen (secondary N) is 6. The molecule has 0 saturated heterocycles. The number of amides is 7. The maximum Gasteiger partial charge on any atom is 0.326 e. The van der Waals surface area contributed by atoms with Crippen LogP contribution in [-0.2, 0) is 43.2 Å². The number of guanidine groups is 1. The normalized spacial score (nSPS) is 15.3. The number of aliphatic hydroxyl groups excluding tert-OH is 2. The van der Waals surface area contributed by atoms with E-state index >= 15 is 0 Å². The number of nitrogens with zero attached hydrogens (tertiary/aromatic N) is 1. The fourth-order valence-corrected chi connectivity index (χ4v) is 4.62. The minimum atomic E-state index is -1.82. The summed E-state index contributed by atoms with van der Waals surface area (Å²) in [5.74, 6) is -10.5. The summed E-state index contributed by atoms with van der Waals surface area (Å²) in [5, 5.41) is 52.0. The summed E-state index contributed by atoms with van der Waals surface area (Å²) in [7, 11) is 0. The summed E-state index contributed by atoms with van der Waals surface area (Å²) in [4.78, 5) is 116. The van der Waals surface area contributed by atoms with E-state index in [-0.39, 0.29) is 44.1 Å². The zero-order valence-corrected chi connectivity index (χ0v) is 31.1. The zero-order valence-electron chi connectivity index (χ0n) is 31.1. The third kappa shape index (κ3) is 19.9. The van der Waals surface area contributed by atoms with Crippen molar-refractivity contribution in [2.75, 3.05) is 13.2 Å². The van der Waals surface area contributed by atoms with Crippen molar-refractivity contribution in [2.45, 2.75) is 115 Å². The molecule has 24 heteroatoms. The lowest BCUT2D eigenvalue weighted by Gasteiger charge is -2.27. The van der Waals surface area contributed by atoms with Crippen LogP contribution in [0.15, 0.2) is 4.99 Å². The molecule has 18 N–H and O–H groups in total. The maximum atomic E-state index is 13.3. The molecule has 0 aliphatic carbocycles. The number of hydrogen-bond acceptors (Lipinski definition) is 13. The molecule has 0 aromatic carbocycles. The molecular formula is C31H55N11O13. The topological polar surface area (TPSA) is 423 Å². The highest BCUT2D eigenvalue weighted by atomic mass is 16.4. The molecule has 0 fully saturated rings. The van der Waals surface area contributed by atoms with E-state index in [2.05, 4.69) is 36.9 Å². The van der Waals surface area contributed by atoms with Gasteiger partial charge in [-0.2, -0.15) is 0 Å². The fraction of sp³-hybridized carbons (Fsp3) is 0.677. The molecule has 0 spiro atoms. The summed E-state index contributed by atoms with van der Waals surface area (Å²) < 4.78 is 0. The van der Waals surface area contributed by atoms with Gasteiger partial charge in [0, 0.05) is 13.0 Å². The average molecular weight is 790 g/mol. The number of rotatable bonds is 26. The molecule has 0 aliphatic rings. The highest BCUT2D eigenvalue weighted by molar-refractivity contribution is 5.98. The lowest BCUT2D eigenvalue weighted by Crippen LogP contribution is -2.61. The first-order valence-corrected chi connectivity index (χ1v) is 17.2. The van der Waals surface area contributed by atoms with Crippen LogP contribution in [0, 0.1) is 5.92 Å². The Morgan fingerprint density at radius 1 is 0.655 bits per heavy atom. The molecule has 55 heavy (non-hydrogen) atoms. The lowest BCUT2D eigenvalue weighted by atomic mass is 10.0. The predicted octanol–water partition coefficient (Wildman–Crippen LogP) is -6.46. The number of nitrogens with two attached hydrogens (primary N) is 4.